The van der Waals surface area contributed by atoms with Crippen molar-refractivity contribution in [2.24, 2.45) is 0 Å². The Kier molecular flexibility index (Phi) is 5.26. The van der Waals surface area contributed by atoms with Crippen LogP contribution in [0.15, 0.2) is 41.5 Å². The predicted octanol–water partition coefficient (Wildman–Crippen LogP) is 1.69. The van der Waals surface area contributed by atoms with Gasteiger partial charge in [-0.1, -0.05) is 0 Å². The van der Waals surface area contributed by atoms with E-state index in [1.54, 1.807) is 6.26 Å². The van der Waals surface area contributed by atoms with Crippen LogP contribution < -0.4 is 0 Å². The van der Waals surface area contributed by atoms with E-state index in [9.17, 15) is 5.11 Å². The zero-order valence-electron chi connectivity index (χ0n) is 12.7. The normalized spacial score (nSPS) is 18.6. The van der Waals surface area contributed by atoms with Gasteiger partial charge >= 0.3 is 0 Å². The van der Waals surface area contributed by atoms with Crippen molar-refractivity contribution in [3.8, 4) is 0 Å². The molecule has 1 saturated heterocycles. The molecule has 22 heavy (non-hydrogen) atoms. The number of aromatic nitrogens is 2. The van der Waals surface area contributed by atoms with E-state index >= 15 is 0 Å². The topological polar surface area (TPSA) is 63.7 Å². The molecule has 2 aromatic heterocycles. The molecule has 0 amide bonds. The molecule has 1 aliphatic heterocycles. The van der Waals surface area contributed by atoms with Crippen LogP contribution in [-0.2, 0) is 11.3 Å². The molecule has 1 N–H and O–H groups in total. The van der Waals surface area contributed by atoms with Crippen LogP contribution in [0.2, 0.25) is 0 Å². The molecule has 6 nitrogen and oxygen atoms in total. The molecule has 1 unspecified atom stereocenters. The van der Waals surface area contributed by atoms with E-state index in [-0.39, 0.29) is 0 Å². The summed E-state index contributed by atoms with van der Waals surface area (Å²) in [4.78, 5) is 6.40. The average Bonchev–Trinajstić information content (AvgIpc) is 3.21. The largest absolute Gasteiger partial charge is 0.467 e. The monoisotopic (exact) mass is 305 g/mol. The SMILES string of the molecule is OC(COCc1ccco1)CN1CCC(n2ccnc2)CC1. The van der Waals surface area contributed by atoms with Crippen molar-refractivity contribution in [2.45, 2.75) is 31.6 Å². The van der Waals surface area contributed by atoms with E-state index in [1.807, 2.05) is 30.9 Å². The van der Waals surface area contributed by atoms with Crippen LogP contribution in [0.1, 0.15) is 24.6 Å². The number of likely N-dealkylation sites (tertiary alicyclic amines) is 1. The van der Waals surface area contributed by atoms with Crippen molar-refractivity contribution in [1.82, 2.24) is 14.5 Å². The van der Waals surface area contributed by atoms with Crippen LogP contribution in [-0.4, -0.2) is 51.9 Å². The molecule has 2 aromatic rings. The molecule has 0 aliphatic carbocycles. The van der Waals surface area contributed by atoms with Gasteiger partial charge in [-0.2, -0.15) is 0 Å². The van der Waals surface area contributed by atoms with E-state index in [2.05, 4.69) is 14.5 Å². The quantitative estimate of drug-likeness (QED) is 0.843. The summed E-state index contributed by atoms with van der Waals surface area (Å²) >= 11 is 0. The zero-order chi connectivity index (χ0) is 15.2. The second-order valence-corrected chi connectivity index (χ2v) is 5.79. The lowest BCUT2D eigenvalue weighted by atomic mass is 10.0. The number of furan rings is 1. The van der Waals surface area contributed by atoms with Crippen molar-refractivity contribution in [3.05, 3.63) is 42.9 Å². The number of hydrogen-bond acceptors (Lipinski definition) is 5. The van der Waals surface area contributed by atoms with Crippen LogP contribution in [0.5, 0.6) is 0 Å². The maximum absolute atomic E-state index is 10.1. The third kappa shape index (κ3) is 4.19. The highest BCUT2D eigenvalue weighted by Gasteiger charge is 2.21. The summed E-state index contributed by atoms with van der Waals surface area (Å²) < 4.78 is 12.8. The third-order valence-corrected chi connectivity index (χ3v) is 4.11. The smallest absolute Gasteiger partial charge is 0.129 e. The van der Waals surface area contributed by atoms with E-state index < -0.39 is 6.10 Å². The number of rotatable bonds is 7. The fourth-order valence-electron chi connectivity index (χ4n) is 2.93. The average molecular weight is 305 g/mol. The summed E-state index contributed by atoms with van der Waals surface area (Å²) in [6.45, 7) is 3.40. The van der Waals surface area contributed by atoms with E-state index in [4.69, 9.17) is 9.15 Å². The van der Waals surface area contributed by atoms with Gasteiger partial charge in [0.25, 0.3) is 0 Å². The van der Waals surface area contributed by atoms with Gasteiger partial charge in [0, 0.05) is 38.1 Å². The number of β-amino-alcohol motifs (C(OH)–C–C–N with tert-alkyl or cyclic N) is 1. The number of aliphatic hydroxyl groups excluding tert-OH is 1. The first-order valence-electron chi connectivity index (χ1n) is 7.79. The number of imidazole rings is 1. The van der Waals surface area contributed by atoms with Gasteiger partial charge in [-0.3, -0.25) is 0 Å². The van der Waals surface area contributed by atoms with Crippen LogP contribution in [0.25, 0.3) is 0 Å². The highest BCUT2D eigenvalue weighted by atomic mass is 16.5. The first-order chi connectivity index (χ1) is 10.8. The van der Waals surface area contributed by atoms with Crippen molar-refractivity contribution in [1.29, 1.82) is 0 Å². The summed E-state index contributed by atoms with van der Waals surface area (Å²) in [7, 11) is 0. The van der Waals surface area contributed by atoms with Gasteiger partial charge in [0.15, 0.2) is 0 Å². The van der Waals surface area contributed by atoms with Gasteiger partial charge in [0.1, 0.15) is 12.4 Å². The molecule has 6 heteroatoms. The third-order valence-electron chi connectivity index (χ3n) is 4.11. The Morgan fingerprint density at radius 2 is 2.27 bits per heavy atom. The summed E-state index contributed by atoms with van der Waals surface area (Å²) in [5, 5.41) is 10.1. The Hall–Kier alpha value is -1.63. The van der Waals surface area contributed by atoms with Crippen molar-refractivity contribution in [3.63, 3.8) is 0 Å². The summed E-state index contributed by atoms with van der Waals surface area (Å²) in [5.41, 5.74) is 0. The standard InChI is InChI=1S/C16H23N3O3/c20-15(11-21-12-16-2-1-9-22-16)10-18-6-3-14(4-7-18)19-8-5-17-13-19/h1-2,5,8-9,13-15,20H,3-4,6-7,10-12H2. The van der Waals surface area contributed by atoms with Gasteiger partial charge < -0.3 is 23.7 Å². The maximum atomic E-state index is 10.1. The lowest BCUT2D eigenvalue weighted by molar-refractivity contribution is 0.000517. The second-order valence-electron chi connectivity index (χ2n) is 5.79. The Morgan fingerprint density at radius 3 is 2.95 bits per heavy atom. The molecular formula is C16H23N3O3. The minimum Gasteiger partial charge on any atom is -0.467 e. The number of ether oxygens (including phenoxy) is 1. The van der Waals surface area contributed by atoms with Crippen LogP contribution in [0.4, 0.5) is 0 Å². The predicted molar refractivity (Wildman–Crippen MR) is 81.3 cm³/mol. The number of piperidine rings is 1. The summed E-state index contributed by atoms with van der Waals surface area (Å²) in [6, 6.07) is 4.23. The van der Waals surface area contributed by atoms with Crippen molar-refractivity contribution >= 4 is 0 Å². The highest BCUT2D eigenvalue weighted by molar-refractivity contribution is 4.96. The summed E-state index contributed by atoms with van der Waals surface area (Å²) in [6.07, 6.45) is 9.09. The molecule has 0 bridgehead atoms. The van der Waals surface area contributed by atoms with Gasteiger partial charge in [-0.15, -0.1) is 0 Å². The fraction of sp³-hybridized carbons (Fsp3) is 0.562. The van der Waals surface area contributed by atoms with Crippen LogP contribution in [0, 0.1) is 0 Å². The fourth-order valence-corrected chi connectivity index (χ4v) is 2.93. The first-order valence-corrected chi connectivity index (χ1v) is 7.79. The number of nitrogens with zero attached hydrogens (tertiary/aromatic N) is 3. The van der Waals surface area contributed by atoms with Crippen molar-refractivity contribution in [2.75, 3.05) is 26.2 Å². The second kappa shape index (κ2) is 7.58. The molecule has 3 rings (SSSR count). The van der Waals surface area contributed by atoms with Crippen molar-refractivity contribution < 1.29 is 14.3 Å². The van der Waals surface area contributed by atoms with E-state index in [0.717, 1.165) is 31.7 Å². The van der Waals surface area contributed by atoms with Gasteiger partial charge in [0.05, 0.1) is 25.3 Å². The first kappa shape index (κ1) is 15.3. The molecule has 0 aromatic carbocycles. The molecule has 3 heterocycles. The molecule has 120 valence electrons. The van der Waals surface area contributed by atoms with Crippen LogP contribution in [0.3, 0.4) is 0 Å². The van der Waals surface area contributed by atoms with Gasteiger partial charge in [0.2, 0.25) is 0 Å². The molecule has 1 aliphatic rings. The Morgan fingerprint density at radius 1 is 1.41 bits per heavy atom. The van der Waals surface area contributed by atoms with Gasteiger partial charge in [-0.25, -0.2) is 4.98 Å². The molecule has 1 atom stereocenters. The molecule has 0 radical (unpaired) electrons. The highest BCUT2D eigenvalue weighted by Crippen LogP contribution is 2.22. The molecule has 0 saturated carbocycles. The number of hydrogen-bond donors (Lipinski definition) is 1. The lowest BCUT2D eigenvalue weighted by Gasteiger charge is -2.33. The van der Waals surface area contributed by atoms with Crippen LogP contribution >= 0.6 is 0 Å². The Bertz CT molecular complexity index is 519. The Labute approximate surface area is 130 Å². The molecular weight excluding hydrogens is 282 g/mol. The van der Waals surface area contributed by atoms with E-state index in [0.29, 0.717) is 25.8 Å². The molecule has 0 spiro atoms. The molecule has 1 fully saturated rings. The maximum Gasteiger partial charge on any atom is 0.129 e. The van der Waals surface area contributed by atoms with Gasteiger partial charge in [-0.05, 0) is 25.0 Å². The minimum absolute atomic E-state index is 0.335. The number of aliphatic hydroxyl groups is 1. The lowest BCUT2D eigenvalue weighted by Crippen LogP contribution is -2.40. The van der Waals surface area contributed by atoms with E-state index in [1.165, 1.54) is 0 Å². The minimum atomic E-state index is -0.459. The summed E-state index contributed by atoms with van der Waals surface area (Å²) in [5.74, 6) is 0.786. The Balaban J connectivity index is 1.33. The zero-order valence-corrected chi connectivity index (χ0v) is 12.7.